The highest BCUT2D eigenvalue weighted by Gasteiger charge is 2.32. The van der Waals surface area contributed by atoms with Gasteiger partial charge in [0, 0.05) is 18.5 Å². The molecule has 1 atom stereocenters. The molecule has 0 radical (unpaired) electrons. The molecule has 6 heteroatoms. The van der Waals surface area contributed by atoms with Crippen LogP contribution in [0.4, 0.5) is 8.78 Å². The molecule has 0 spiro atoms. The predicted octanol–water partition coefficient (Wildman–Crippen LogP) is 2.21. The Kier molecular flexibility index (Phi) is 3.18. The Labute approximate surface area is 95.7 Å². The lowest BCUT2D eigenvalue weighted by molar-refractivity contribution is 0.0590. The molecule has 1 heterocycles. The number of hydrogen-bond acceptors (Lipinski definition) is 4. The second-order valence-electron chi connectivity index (χ2n) is 3.64. The van der Waals surface area contributed by atoms with Crippen LogP contribution in [0.1, 0.15) is 22.5 Å². The highest BCUT2D eigenvalue weighted by Crippen LogP contribution is 2.28. The highest BCUT2D eigenvalue weighted by molar-refractivity contribution is 7.98. The van der Waals surface area contributed by atoms with Crippen LogP contribution in [0.3, 0.4) is 0 Å². The molecule has 0 unspecified atom stereocenters. The van der Waals surface area contributed by atoms with E-state index in [9.17, 15) is 13.6 Å². The van der Waals surface area contributed by atoms with Crippen LogP contribution in [0.5, 0.6) is 0 Å². The number of thioether (sulfide) groups is 1. The van der Waals surface area contributed by atoms with Crippen LogP contribution >= 0.6 is 11.8 Å². The van der Waals surface area contributed by atoms with Gasteiger partial charge in [0.1, 0.15) is 0 Å². The lowest BCUT2D eigenvalue weighted by Gasteiger charge is -2.21. The number of nitrogens with zero attached hydrogens (tertiary/aromatic N) is 2. The number of hydrogen-bond donors (Lipinski definition) is 0. The average Bonchev–Trinajstić information content (AvgIpc) is 2.28. The normalized spacial score (nSPS) is 20.0. The van der Waals surface area contributed by atoms with Crippen molar-refractivity contribution in [3.8, 4) is 0 Å². The topological polar surface area (TPSA) is 42.9 Å². The lowest BCUT2D eigenvalue weighted by Crippen LogP contribution is -2.26. The van der Waals surface area contributed by atoms with Gasteiger partial charge in [0.2, 0.25) is 6.43 Å². The van der Waals surface area contributed by atoms with Gasteiger partial charge in [0.05, 0.1) is 11.3 Å². The Morgan fingerprint density at radius 2 is 2.25 bits per heavy atom. The second-order valence-corrected chi connectivity index (χ2v) is 4.42. The molecule has 16 heavy (non-hydrogen) atoms. The number of carbonyl (C=O) groups excluding carboxylic acids is 1. The number of fused-ring (bicyclic) bond motifs is 1. The molecule has 0 aliphatic heterocycles. The van der Waals surface area contributed by atoms with Crippen molar-refractivity contribution in [3.05, 3.63) is 17.5 Å². The van der Waals surface area contributed by atoms with Gasteiger partial charge in [-0.15, -0.1) is 0 Å². The summed E-state index contributed by atoms with van der Waals surface area (Å²) in [6.07, 6.45) is 0.834. The molecule has 1 aromatic heterocycles. The molecule has 1 aliphatic carbocycles. The smallest absolute Gasteiger partial charge is 0.242 e. The maximum atomic E-state index is 12.6. The highest BCUT2D eigenvalue weighted by atomic mass is 32.2. The molecule has 1 aromatic rings. The van der Waals surface area contributed by atoms with Gasteiger partial charge in [-0.05, 0) is 12.7 Å². The van der Waals surface area contributed by atoms with Crippen molar-refractivity contribution in [1.82, 2.24) is 9.97 Å². The number of ketones is 1. The first kappa shape index (κ1) is 11.4. The molecule has 0 amide bonds. The third-order valence-corrected chi connectivity index (χ3v) is 3.15. The van der Waals surface area contributed by atoms with E-state index in [-0.39, 0.29) is 18.6 Å². The molecule has 0 N–H and O–H groups in total. The van der Waals surface area contributed by atoms with E-state index in [1.165, 1.54) is 18.0 Å². The van der Waals surface area contributed by atoms with Crippen LogP contribution in [-0.4, -0.2) is 28.4 Å². The molecule has 2 rings (SSSR count). The molecular weight excluding hydrogens is 234 g/mol. The minimum atomic E-state index is -2.47. The van der Waals surface area contributed by atoms with Gasteiger partial charge in [-0.25, -0.2) is 18.7 Å². The summed E-state index contributed by atoms with van der Waals surface area (Å²) in [7, 11) is 0. The van der Waals surface area contributed by atoms with Crippen molar-refractivity contribution in [1.29, 1.82) is 0 Å². The van der Waals surface area contributed by atoms with Crippen molar-refractivity contribution >= 4 is 17.5 Å². The van der Waals surface area contributed by atoms with Gasteiger partial charge in [-0.2, -0.15) is 0 Å². The second kappa shape index (κ2) is 4.45. The summed E-state index contributed by atoms with van der Waals surface area (Å²) in [4.78, 5) is 19.7. The summed E-state index contributed by atoms with van der Waals surface area (Å²) >= 11 is 1.33. The van der Waals surface area contributed by atoms with Crippen LogP contribution < -0.4 is 0 Å². The Hall–Kier alpha value is -1.04. The van der Waals surface area contributed by atoms with Gasteiger partial charge in [0.25, 0.3) is 0 Å². The fourth-order valence-electron chi connectivity index (χ4n) is 1.73. The molecule has 0 saturated heterocycles. The zero-order valence-corrected chi connectivity index (χ0v) is 9.43. The zero-order chi connectivity index (χ0) is 11.7. The van der Waals surface area contributed by atoms with E-state index in [0.29, 0.717) is 16.4 Å². The van der Waals surface area contributed by atoms with E-state index in [1.54, 1.807) is 6.26 Å². The van der Waals surface area contributed by atoms with Crippen molar-refractivity contribution in [2.75, 3.05) is 6.26 Å². The lowest BCUT2D eigenvalue weighted by atomic mass is 9.87. The van der Waals surface area contributed by atoms with E-state index >= 15 is 0 Å². The molecule has 0 fully saturated rings. The van der Waals surface area contributed by atoms with Crippen LogP contribution in [0.25, 0.3) is 0 Å². The number of Topliss-reactive ketones (excluding diaryl/α,β-unsaturated/α-hetero) is 1. The SMILES string of the molecule is CSc1ncc2c(n1)C[C@H](C(F)F)CC2=O. The zero-order valence-electron chi connectivity index (χ0n) is 8.61. The summed E-state index contributed by atoms with van der Waals surface area (Å²) in [5.74, 6) is -1.18. The van der Waals surface area contributed by atoms with E-state index in [0.717, 1.165) is 0 Å². The minimum Gasteiger partial charge on any atom is -0.294 e. The first-order valence-corrected chi connectivity index (χ1v) is 6.05. The van der Waals surface area contributed by atoms with E-state index in [1.807, 2.05) is 0 Å². The summed E-state index contributed by atoms with van der Waals surface area (Å²) in [5.41, 5.74) is 0.857. The fourth-order valence-corrected chi connectivity index (χ4v) is 2.09. The van der Waals surface area contributed by atoms with Gasteiger partial charge >= 0.3 is 0 Å². The van der Waals surface area contributed by atoms with Gasteiger partial charge < -0.3 is 0 Å². The van der Waals surface area contributed by atoms with Gasteiger partial charge in [-0.1, -0.05) is 11.8 Å². The molecule has 0 aromatic carbocycles. The molecule has 3 nitrogen and oxygen atoms in total. The predicted molar refractivity (Wildman–Crippen MR) is 56.0 cm³/mol. The third-order valence-electron chi connectivity index (χ3n) is 2.59. The monoisotopic (exact) mass is 244 g/mol. The number of carbonyl (C=O) groups is 1. The first-order valence-electron chi connectivity index (χ1n) is 4.83. The molecule has 0 saturated carbocycles. The maximum absolute atomic E-state index is 12.6. The quantitative estimate of drug-likeness (QED) is 0.591. The Morgan fingerprint density at radius 3 is 2.88 bits per heavy atom. The van der Waals surface area contributed by atoms with Crippen molar-refractivity contribution in [2.45, 2.75) is 24.4 Å². The first-order chi connectivity index (χ1) is 7.61. The Morgan fingerprint density at radius 1 is 1.50 bits per heavy atom. The Bertz CT molecular complexity index is 425. The van der Waals surface area contributed by atoms with Crippen molar-refractivity contribution in [3.63, 3.8) is 0 Å². The number of alkyl halides is 2. The Balaban J connectivity index is 2.35. The fraction of sp³-hybridized carbons (Fsp3) is 0.500. The van der Waals surface area contributed by atoms with Crippen LogP contribution in [-0.2, 0) is 6.42 Å². The number of aromatic nitrogens is 2. The molecule has 1 aliphatic rings. The molecule has 86 valence electrons. The third kappa shape index (κ3) is 2.07. The van der Waals surface area contributed by atoms with Gasteiger partial charge in [-0.3, -0.25) is 4.79 Å². The maximum Gasteiger partial charge on any atom is 0.242 e. The number of rotatable bonds is 2. The molecule has 0 bridgehead atoms. The largest absolute Gasteiger partial charge is 0.294 e. The summed E-state index contributed by atoms with van der Waals surface area (Å²) in [6.45, 7) is 0. The van der Waals surface area contributed by atoms with Crippen LogP contribution in [0.15, 0.2) is 11.4 Å². The molecular formula is C10H10F2N2OS. The van der Waals surface area contributed by atoms with Crippen molar-refractivity contribution in [2.24, 2.45) is 5.92 Å². The van der Waals surface area contributed by atoms with E-state index in [4.69, 9.17) is 0 Å². The summed E-state index contributed by atoms with van der Waals surface area (Å²) in [5, 5.41) is 0.515. The van der Waals surface area contributed by atoms with Gasteiger partial charge in [0.15, 0.2) is 10.9 Å². The van der Waals surface area contributed by atoms with E-state index < -0.39 is 12.3 Å². The van der Waals surface area contributed by atoms with Crippen LogP contribution in [0.2, 0.25) is 0 Å². The number of halogens is 2. The summed E-state index contributed by atoms with van der Waals surface area (Å²) < 4.78 is 25.1. The minimum absolute atomic E-state index is 0.105. The standard InChI is InChI=1S/C10H10F2N2OS/c1-16-10-13-4-6-7(14-10)2-5(9(11)12)3-8(6)15/h4-5,9H,2-3H2,1H3/t5-/m0/s1. The summed E-state index contributed by atoms with van der Waals surface area (Å²) in [6, 6.07) is 0. The van der Waals surface area contributed by atoms with Crippen LogP contribution in [0, 0.1) is 5.92 Å². The van der Waals surface area contributed by atoms with Crippen molar-refractivity contribution < 1.29 is 13.6 Å². The average molecular weight is 244 g/mol. The van der Waals surface area contributed by atoms with E-state index in [2.05, 4.69) is 9.97 Å².